The SMILES string of the molecule is CC(C)=CCC[C@H](C)N=Cc1ccccc1O. The summed E-state index contributed by atoms with van der Waals surface area (Å²) in [5.41, 5.74) is 2.13. The number of nitrogens with zero attached hydrogens (tertiary/aromatic N) is 1. The van der Waals surface area contributed by atoms with Gasteiger partial charge < -0.3 is 5.11 Å². The molecule has 1 aromatic rings. The Morgan fingerprint density at radius 3 is 2.71 bits per heavy atom. The van der Waals surface area contributed by atoms with Crippen molar-refractivity contribution in [3.63, 3.8) is 0 Å². The molecule has 0 bridgehead atoms. The topological polar surface area (TPSA) is 32.6 Å². The van der Waals surface area contributed by atoms with Crippen molar-refractivity contribution < 1.29 is 5.11 Å². The van der Waals surface area contributed by atoms with Crippen molar-refractivity contribution in [3.05, 3.63) is 41.5 Å². The Balaban J connectivity index is 2.48. The van der Waals surface area contributed by atoms with Gasteiger partial charge in [-0.15, -0.1) is 0 Å². The van der Waals surface area contributed by atoms with Crippen LogP contribution in [-0.2, 0) is 0 Å². The Bertz CT molecular complexity index is 403. The van der Waals surface area contributed by atoms with E-state index in [9.17, 15) is 5.11 Å². The maximum absolute atomic E-state index is 9.57. The number of benzene rings is 1. The van der Waals surface area contributed by atoms with Crippen molar-refractivity contribution in [1.82, 2.24) is 0 Å². The zero-order valence-corrected chi connectivity index (χ0v) is 10.9. The Labute approximate surface area is 104 Å². The van der Waals surface area contributed by atoms with Crippen molar-refractivity contribution in [2.24, 2.45) is 4.99 Å². The first-order valence-corrected chi connectivity index (χ1v) is 6.04. The average molecular weight is 231 g/mol. The van der Waals surface area contributed by atoms with E-state index in [2.05, 4.69) is 31.8 Å². The van der Waals surface area contributed by atoms with Crippen molar-refractivity contribution in [1.29, 1.82) is 0 Å². The van der Waals surface area contributed by atoms with Crippen LogP contribution in [0.2, 0.25) is 0 Å². The predicted octanol–water partition coefficient (Wildman–Crippen LogP) is 3.95. The highest BCUT2D eigenvalue weighted by molar-refractivity contribution is 5.83. The molecule has 0 aliphatic heterocycles. The second kappa shape index (κ2) is 6.89. The van der Waals surface area contributed by atoms with E-state index in [-0.39, 0.29) is 11.8 Å². The molecule has 0 radical (unpaired) electrons. The van der Waals surface area contributed by atoms with Crippen LogP contribution in [0.25, 0.3) is 0 Å². The van der Waals surface area contributed by atoms with Gasteiger partial charge in [0.1, 0.15) is 5.75 Å². The third-order valence-electron chi connectivity index (χ3n) is 2.54. The fourth-order valence-electron chi connectivity index (χ4n) is 1.49. The Hall–Kier alpha value is -1.57. The number of hydrogen-bond donors (Lipinski definition) is 1. The minimum absolute atomic E-state index is 0.283. The van der Waals surface area contributed by atoms with Crippen LogP contribution in [0, 0.1) is 0 Å². The number of aromatic hydroxyl groups is 1. The van der Waals surface area contributed by atoms with E-state index < -0.39 is 0 Å². The van der Waals surface area contributed by atoms with Gasteiger partial charge in [0.25, 0.3) is 0 Å². The molecular weight excluding hydrogens is 210 g/mol. The van der Waals surface area contributed by atoms with Gasteiger partial charge in [0, 0.05) is 17.8 Å². The van der Waals surface area contributed by atoms with E-state index in [0.29, 0.717) is 0 Å². The largest absolute Gasteiger partial charge is 0.507 e. The first-order chi connectivity index (χ1) is 8.09. The monoisotopic (exact) mass is 231 g/mol. The van der Waals surface area contributed by atoms with Crippen LogP contribution >= 0.6 is 0 Å². The summed E-state index contributed by atoms with van der Waals surface area (Å²) in [7, 11) is 0. The van der Waals surface area contributed by atoms with E-state index in [1.54, 1.807) is 12.3 Å². The first-order valence-electron chi connectivity index (χ1n) is 6.04. The summed E-state index contributed by atoms with van der Waals surface area (Å²) < 4.78 is 0. The fourth-order valence-corrected chi connectivity index (χ4v) is 1.49. The number of phenolic OH excluding ortho intramolecular Hbond substituents is 1. The molecule has 2 nitrogen and oxygen atoms in total. The molecule has 0 aliphatic carbocycles. The van der Waals surface area contributed by atoms with Gasteiger partial charge in [0.05, 0.1) is 0 Å². The third kappa shape index (κ3) is 5.34. The van der Waals surface area contributed by atoms with Crippen LogP contribution in [0.3, 0.4) is 0 Å². The molecule has 0 aromatic heterocycles. The van der Waals surface area contributed by atoms with E-state index in [4.69, 9.17) is 0 Å². The molecule has 0 spiro atoms. The number of para-hydroxylation sites is 1. The first kappa shape index (κ1) is 13.5. The summed E-state index contributed by atoms with van der Waals surface area (Å²) in [6.45, 7) is 6.31. The van der Waals surface area contributed by atoms with Gasteiger partial charge in [0.2, 0.25) is 0 Å². The van der Waals surface area contributed by atoms with E-state index in [1.165, 1.54) is 5.57 Å². The van der Waals surface area contributed by atoms with Crippen LogP contribution in [0.4, 0.5) is 0 Å². The lowest BCUT2D eigenvalue weighted by Crippen LogP contribution is -1.98. The Morgan fingerprint density at radius 2 is 2.06 bits per heavy atom. The average Bonchev–Trinajstić information content (AvgIpc) is 2.27. The van der Waals surface area contributed by atoms with E-state index in [1.807, 2.05) is 18.2 Å². The van der Waals surface area contributed by atoms with Gasteiger partial charge >= 0.3 is 0 Å². The Morgan fingerprint density at radius 1 is 1.35 bits per heavy atom. The molecule has 0 heterocycles. The molecule has 0 saturated carbocycles. The summed E-state index contributed by atoms with van der Waals surface area (Å²) >= 11 is 0. The lowest BCUT2D eigenvalue weighted by molar-refractivity contribution is 0.474. The highest BCUT2D eigenvalue weighted by Crippen LogP contribution is 2.13. The number of rotatable bonds is 5. The Kier molecular flexibility index (Phi) is 5.47. The number of hydrogen-bond acceptors (Lipinski definition) is 2. The normalized spacial score (nSPS) is 12.6. The van der Waals surface area contributed by atoms with Crippen molar-refractivity contribution in [3.8, 4) is 5.75 Å². The highest BCUT2D eigenvalue weighted by atomic mass is 16.3. The number of phenols is 1. The molecule has 0 fully saturated rings. The van der Waals surface area contributed by atoms with Gasteiger partial charge in [-0.25, -0.2) is 0 Å². The van der Waals surface area contributed by atoms with Crippen LogP contribution in [0.15, 0.2) is 40.9 Å². The highest BCUT2D eigenvalue weighted by Gasteiger charge is 1.98. The smallest absolute Gasteiger partial charge is 0.124 e. The van der Waals surface area contributed by atoms with Crippen molar-refractivity contribution >= 4 is 6.21 Å². The van der Waals surface area contributed by atoms with Gasteiger partial charge in [-0.05, 0) is 45.7 Å². The summed E-state index contributed by atoms with van der Waals surface area (Å²) in [6, 6.07) is 7.53. The molecule has 1 aromatic carbocycles. The third-order valence-corrected chi connectivity index (χ3v) is 2.54. The minimum Gasteiger partial charge on any atom is -0.507 e. The van der Waals surface area contributed by atoms with Crippen LogP contribution in [0.1, 0.15) is 39.2 Å². The molecule has 0 aliphatic rings. The molecule has 92 valence electrons. The van der Waals surface area contributed by atoms with E-state index in [0.717, 1.165) is 18.4 Å². The zero-order chi connectivity index (χ0) is 12.7. The predicted molar refractivity (Wildman–Crippen MR) is 73.8 cm³/mol. The van der Waals surface area contributed by atoms with Crippen LogP contribution in [-0.4, -0.2) is 17.4 Å². The van der Waals surface area contributed by atoms with Crippen molar-refractivity contribution in [2.45, 2.75) is 39.7 Å². The summed E-state index contributed by atoms with van der Waals surface area (Å²) in [6.07, 6.45) is 6.07. The quantitative estimate of drug-likeness (QED) is 0.604. The fraction of sp³-hybridized carbons (Fsp3) is 0.400. The molecular formula is C15H21NO. The summed E-state index contributed by atoms with van der Waals surface area (Å²) in [5.74, 6) is 0.285. The molecule has 1 rings (SSSR count). The second-order valence-corrected chi connectivity index (χ2v) is 4.54. The summed E-state index contributed by atoms with van der Waals surface area (Å²) in [4.78, 5) is 4.44. The van der Waals surface area contributed by atoms with Gasteiger partial charge in [-0.2, -0.15) is 0 Å². The van der Waals surface area contributed by atoms with Crippen LogP contribution in [0.5, 0.6) is 5.75 Å². The maximum Gasteiger partial charge on any atom is 0.124 e. The maximum atomic E-state index is 9.57. The van der Waals surface area contributed by atoms with Gasteiger partial charge in [-0.3, -0.25) is 4.99 Å². The van der Waals surface area contributed by atoms with E-state index >= 15 is 0 Å². The summed E-state index contributed by atoms with van der Waals surface area (Å²) in [5, 5.41) is 9.57. The lowest BCUT2D eigenvalue weighted by Gasteiger charge is -2.04. The molecule has 0 amide bonds. The minimum atomic E-state index is 0.283. The molecule has 0 saturated heterocycles. The molecule has 17 heavy (non-hydrogen) atoms. The van der Waals surface area contributed by atoms with Crippen LogP contribution < -0.4 is 0 Å². The number of aliphatic imine (C=N–C) groups is 1. The van der Waals surface area contributed by atoms with Crippen molar-refractivity contribution in [2.75, 3.05) is 0 Å². The lowest BCUT2D eigenvalue weighted by atomic mass is 10.1. The van der Waals surface area contributed by atoms with Gasteiger partial charge in [0.15, 0.2) is 0 Å². The number of allylic oxidation sites excluding steroid dienone is 2. The second-order valence-electron chi connectivity index (χ2n) is 4.54. The standard InChI is InChI=1S/C15H21NO/c1-12(2)7-6-8-13(3)16-11-14-9-4-5-10-15(14)17/h4-5,7,9-11,13,17H,6,8H2,1-3H3/t13-/m0/s1. The molecule has 0 unspecified atom stereocenters. The molecule has 1 N–H and O–H groups in total. The van der Waals surface area contributed by atoms with Gasteiger partial charge in [-0.1, -0.05) is 23.8 Å². The molecule has 1 atom stereocenters. The zero-order valence-electron chi connectivity index (χ0n) is 10.9. The molecule has 2 heteroatoms.